The van der Waals surface area contributed by atoms with Crippen molar-refractivity contribution < 1.29 is 9.69 Å². The van der Waals surface area contributed by atoms with Gasteiger partial charge in [-0.1, -0.05) is 60.1 Å². The lowest BCUT2D eigenvalue weighted by atomic mass is 10.1. The van der Waals surface area contributed by atoms with Gasteiger partial charge in [0.1, 0.15) is 11.4 Å². The summed E-state index contributed by atoms with van der Waals surface area (Å²) in [6.45, 7) is 3.00. The van der Waals surface area contributed by atoms with Crippen LogP contribution in [-0.2, 0) is 6.54 Å². The van der Waals surface area contributed by atoms with Crippen LogP contribution in [0.15, 0.2) is 66.4 Å². The molecular weight excluding hydrogens is 378 g/mol. The smallest absolute Gasteiger partial charge is 0.281 e. The zero-order chi connectivity index (χ0) is 18.6. The van der Waals surface area contributed by atoms with Gasteiger partial charge in [-0.25, -0.2) is 0 Å². The molecule has 0 radical (unpaired) electrons. The summed E-state index contributed by atoms with van der Waals surface area (Å²) in [6.07, 6.45) is 3.07. The van der Waals surface area contributed by atoms with Crippen molar-refractivity contribution in [3.8, 4) is 0 Å². The van der Waals surface area contributed by atoms with E-state index in [1.54, 1.807) is 0 Å². The maximum atomic E-state index is 12.5. The SMILES string of the molecule is O=C(NNC1=CC[NH+](Cc2ccccc2)CC1)c1sc2ccccc2c1Cl. The number of fused-ring (bicyclic) bond motifs is 1. The summed E-state index contributed by atoms with van der Waals surface area (Å²) in [5.41, 5.74) is 8.27. The third kappa shape index (κ3) is 4.16. The quantitative estimate of drug-likeness (QED) is 0.578. The molecule has 1 amide bonds. The molecule has 6 heteroatoms. The first-order valence-electron chi connectivity index (χ1n) is 9.00. The van der Waals surface area contributed by atoms with Crippen LogP contribution in [0.2, 0.25) is 5.02 Å². The van der Waals surface area contributed by atoms with E-state index in [0.717, 1.165) is 41.8 Å². The van der Waals surface area contributed by atoms with Crippen LogP contribution in [0.5, 0.6) is 0 Å². The molecule has 0 saturated heterocycles. The number of carbonyl (C=O) groups is 1. The minimum absolute atomic E-state index is 0.193. The number of hydrogen-bond donors (Lipinski definition) is 3. The van der Waals surface area contributed by atoms with E-state index in [-0.39, 0.29) is 5.91 Å². The molecule has 0 spiro atoms. The minimum atomic E-state index is -0.193. The Labute approximate surface area is 167 Å². The first kappa shape index (κ1) is 18.0. The lowest BCUT2D eigenvalue weighted by molar-refractivity contribution is -0.909. The first-order chi connectivity index (χ1) is 13.2. The summed E-state index contributed by atoms with van der Waals surface area (Å²) < 4.78 is 1.02. The molecular formula is C21H21ClN3OS+. The van der Waals surface area contributed by atoms with Crippen LogP contribution in [0.1, 0.15) is 21.7 Å². The van der Waals surface area contributed by atoms with Crippen molar-refractivity contribution >= 4 is 38.9 Å². The van der Waals surface area contributed by atoms with E-state index >= 15 is 0 Å². The molecule has 4 nitrogen and oxygen atoms in total. The molecule has 1 aliphatic rings. The van der Waals surface area contributed by atoms with Gasteiger partial charge in [-0.3, -0.25) is 10.2 Å². The highest BCUT2D eigenvalue weighted by Gasteiger charge is 2.19. The van der Waals surface area contributed by atoms with Crippen LogP contribution in [0.4, 0.5) is 0 Å². The number of thiophene rings is 1. The van der Waals surface area contributed by atoms with Crippen molar-refractivity contribution in [2.75, 3.05) is 13.1 Å². The van der Waals surface area contributed by atoms with Crippen LogP contribution in [0.25, 0.3) is 10.1 Å². The summed E-state index contributed by atoms with van der Waals surface area (Å²) in [7, 11) is 0. The Morgan fingerprint density at radius 1 is 1.11 bits per heavy atom. The van der Waals surface area contributed by atoms with Gasteiger partial charge in [-0.15, -0.1) is 11.3 Å². The molecule has 1 aliphatic heterocycles. The molecule has 0 aliphatic carbocycles. The Balaban J connectivity index is 1.33. The molecule has 3 N–H and O–H groups in total. The largest absolute Gasteiger partial charge is 0.328 e. The average Bonchev–Trinajstić information content (AvgIpc) is 3.05. The van der Waals surface area contributed by atoms with Gasteiger partial charge < -0.3 is 10.3 Å². The molecule has 0 bridgehead atoms. The summed E-state index contributed by atoms with van der Waals surface area (Å²) in [6, 6.07) is 18.3. The Bertz CT molecular complexity index is 984. The lowest BCUT2D eigenvalue weighted by Gasteiger charge is -2.24. The molecule has 2 heterocycles. The van der Waals surface area contributed by atoms with Crippen molar-refractivity contribution in [1.82, 2.24) is 10.9 Å². The van der Waals surface area contributed by atoms with Gasteiger partial charge in [0.15, 0.2) is 0 Å². The second-order valence-corrected chi connectivity index (χ2v) is 8.10. The molecule has 0 saturated carbocycles. The second kappa shape index (κ2) is 8.13. The molecule has 138 valence electrons. The lowest BCUT2D eigenvalue weighted by Crippen LogP contribution is -3.11. The Kier molecular flexibility index (Phi) is 5.43. The second-order valence-electron chi connectivity index (χ2n) is 6.67. The van der Waals surface area contributed by atoms with E-state index in [2.05, 4.69) is 41.2 Å². The Hall–Kier alpha value is -2.34. The maximum absolute atomic E-state index is 12.5. The van der Waals surface area contributed by atoms with E-state index in [4.69, 9.17) is 11.6 Å². The molecule has 1 unspecified atom stereocenters. The third-order valence-corrected chi connectivity index (χ3v) is 6.43. The summed E-state index contributed by atoms with van der Waals surface area (Å²) in [5.74, 6) is -0.193. The highest BCUT2D eigenvalue weighted by atomic mass is 35.5. The fourth-order valence-electron chi connectivity index (χ4n) is 3.30. The number of nitrogens with one attached hydrogen (secondary N) is 3. The number of amides is 1. The number of benzene rings is 2. The minimum Gasteiger partial charge on any atom is -0.328 e. The molecule has 0 fully saturated rings. The van der Waals surface area contributed by atoms with Gasteiger partial charge in [0, 0.05) is 27.8 Å². The highest BCUT2D eigenvalue weighted by Crippen LogP contribution is 2.34. The van der Waals surface area contributed by atoms with Gasteiger partial charge in [0.25, 0.3) is 5.91 Å². The Morgan fingerprint density at radius 2 is 1.89 bits per heavy atom. The van der Waals surface area contributed by atoms with Crippen LogP contribution >= 0.6 is 22.9 Å². The monoisotopic (exact) mass is 398 g/mol. The molecule has 2 aromatic carbocycles. The van der Waals surface area contributed by atoms with E-state index in [0.29, 0.717) is 9.90 Å². The topological polar surface area (TPSA) is 45.6 Å². The number of hydrazine groups is 1. The van der Waals surface area contributed by atoms with Crippen molar-refractivity contribution in [3.63, 3.8) is 0 Å². The zero-order valence-corrected chi connectivity index (χ0v) is 16.4. The average molecular weight is 399 g/mol. The van der Waals surface area contributed by atoms with E-state index in [1.807, 2.05) is 30.3 Å². The number of carbonyl (C=O) groups excluding carboxylic acids is 1. The fraction of sp³-hybridized carbons (Fsp3) is 0.190. The third-order valence-electron chi connectivity index (χ3n) is 4.76. The number of hydrogen-bond acceptors (Lipinski definition) is 3. The van der Waals surface area contributed by atoms with Gasteiger partial charge in [0.05, 0.1) is 18.1 Å². The van der Waals surface area contributed by atoms with Gasteiger partial charge in [-0.05, 0) is 12.1 Å². The molecule has 3 aromatic rings. The van der Waals surface area contributed by atoms with E-state index < -0.39 is 0 Å². The maximum Gasteiger partial charge on any atom is 0.281 e. The van der Waals surface area contributed by atoms with E-state index in [1.165, 1.54) is 21.8 Å². The summed E-state index contributed by atoms with van der Waals surface area (Å²) in [5, 5.41) is 1.44. The molecule has 27 heavy (non-hydrogen) atoms. The van der Waals surface area contributed by atoms with Gasteiger partial charge in [-0.2, -0.15) is 0 Å². The predicted octanol–water partition coefficient (Wildman–Crippen LogP) is 3.16. The molecule has 1 aromatic heterocycles. The van der Waals surface area contributed by atoms with Crippen molar-refractivity contribution in [1.29, 1.82) is 0 Å². The molecule has 1 atom stereocenters. The van der Waals surface area contributed by atoms with Crippen molar-refractivity contribution in [3.05, 3.63) is 81.8 Å². The zero-order valence-electron chi connectivity index (χ0n) is 14.8. The summed E-state index contributed by atoms with van der Waals surface area (Å²) >= 11 is 7.79. The fourth-order valence-corrected chi connectivity index (χ4v) is 4.71. The van der Waals surface area contributed by atoms with Gasteiger partial charge in [0.2, 0.25) is 0 Å². The number of halogens is 1. The predicted molar refractivity (Wildman–Crippen MR) is 111 cm³/mol. The number of rotatable bonds is 5. The van der Waals surface area contributed by atoms with Gasteiger partial charge >= 0.3 is 0 Å². The van der Waals surface area contributed by atoms with Crippen molar-refractivity contribution in [2.45, 2.75) is 13.0 Å². The van der Waals surface area contributed by atoms with Crippen LogP contribution < -0.4 is 15.8 Å². The summed E-state index contributed by atoms with van der Waals surface area (Å²) in [4.78, 5) is 14.6. The molecule has 4 rings (SSSR count). The van der Waals surface area contributed by atoms with Crippen molar-refractivity contribution in [2.24, 2.45) is 0 Å². The van der Waals surface area contributed by atoms with Crippen LogP contribution in [0.3, 0.4) is 0 Å². The normalized spacial score (nSPS) is 16.8. The Morgan fingerprint density at radius 3 is 2.63 bits per heavy atom. The van der Waals surface area contributed by atoms with Crippen LogP contribution in [-0.4, -0.2) is 19.0 Å². The van der Waals surface area contributed by atoms with E-state index in [9.17, 15) is 4.79 Å². The van der Waals surface area contributed by atoms with Crippen LogP contribution in [0, 0.1) is 0 Å². The highest BCUT2D eigenvalue weighted by molar-refractivity contribution is 7.21. The standard InChI is InChI=1S/C21H20ClN3OS/c22-19-17-8-4-5-9-18(17)27-20(19)21(26)24-23-16-10-12-25(13-11-16)14-15-6-2-1-3-7-15/h1-10,23H,11-14H2,(H,24,26)/p+1. The number of quaternary nitrogens is 1. The first-order valence-corrected chi connectivity index (χ1v) is 10.2.